The highest BCUT2D eigenvalue weighted by molar-refractivity contribution is 7.80. The molecule has 120 valence electrons. The lowest BCUT2D eigenvalue weighted by Gasteiger charge is -2.08. The van der Waals surface area contributed by atoms with Crippen molar-refractivity contribution in [2.75, 3.05) is 5.32 Å². The van der Waals surface area contributed by atoms with Gasteiger partial charge in [-0.15, -0.1) is 0 Å². The van der Waals surface area contributed by atoms with Gasteiger partial charge in [-0.2, -0.15) is 5.10 Å². The van der Waals surface area contributed by atoms with Crippen molar-refractivity contribution in [3.63, 3.8) is 0 Å². The Balaban J connectivity index is 2.58. The fourth-order valence-electron chi connectivity index (χ4n) is 1.96. The van der Waals surface area contributed by atoms with E-state index < -0.39 is 0 Å². The van der Waals surface area contributed by atoms with Gasteiger partial charge in [0.15, 0.2) is 5.11 Å². The molecule has 0 spiro atoms. The number of hydrogen-bond acceptors (Lipinski definition) is 3. The topological polar surface area (TPSA) is 79.5 Å². The molecule has 22 heavy (non-hydrogen) atoms. The fraction of sp³-hybridized carbons (Fsp3) is 0.438. The number of carbonyl (C=O) groups is 1. The number of carbonyl (C=O) groups excluding carboxylic acids is 1. The van der Waals surface area contributed by atoms with Crippen LogP contribution in [-0.2, 0) is 4.79 Å². The van der Waals surface area contributed by atoms with Gasteiger partial charge in [-0.3, -0.25) is 10.2 Å². The van der Waals surface area contributed by atoms with E-state index in [-0.39, 0.29) is 11.0 Å². The minimum atomic E-state index is 0.0455. The lowest BCUT2D eigenvalue weighted by Crippen LogP contribution is -2.25. The molecule has 0 saturated heterocycles. The summed E-state index contributed by atoms with van der Waals surface area (Å²) < 4.78 is 0. The van der Waals surface area contributed by atoms with Gasteiger partial charge in [0.2, 0.25) is 5.91 Å². The first-order valence-corrected chi connectivity index (χ1v) is 7.93. The Labute approximate surface area is 137 Å². The molecule has 0 fully saturated rings. The standard InChI is InChI=1S/C16H24N4OS/c1-3-4-5-6-10-15(21)18-14-9-7-8-13(11-14)12(2)19-20-16(17)22/h7-9,11H,3-6,10H2,1-2H3,(H,18,21)(H3,17,20,22)/b19-12+. The van der Waals surface area contributed by atoms with Crippen LogP contribution in [0.3, 0.4) is 0 Å². The van der Waals surface area contributed by atoms with E-state index in [1.165, 1.54) is 12.8 Å². The average Bonchev–Trinajstić information content (AvgIpc) is 2.49. The maximum atomic E-state index is 11.9. The molecule has 0 aliphatic carbocycles. The van der Waals surface area contributed by atoms with Gasteiger partial charge in [-0.25, -0.2) is 0 Å². The average molecular weight is 320 g/mol. The summed E-state index contributed by atoms with van der Waals surface area (Å²) in [7, 11) is 0. The summed E-state index contributed by atoms with van der Waals surface area (Å²) in [6, 6.07) is 7.53. The Morgan fingerprint density at radius 2 is 2.09 bits per heavy atom. The van der Waals surface area contributed by atoms with Gasteiger partial charge < -0.3 is 11.1 Å². The van der Waals surface area contributed by atoms with E-state index in [1.54, 1.807) is 0 Å². The van der Waals surface area contributed by atoms with E-state index >= 15 is 0 Å². The molecule has 0 aliphatic heterocycles. The van der Waals surface area contributed by atoms with E-state index in [1.807, 2.05) is 31.2 Å². The number of hydrogen-bond donors (Lipinski definition) is 3. The molecule has 0 aromatic heterocycles. The van der Waals surface area contributed by atoms with Gasteiger partial charge in [0.25, 0.3) is 0 Å². The molecule has 0 radical (unpaired) electrons. The van der Waals surface area contributed by atoms with Gasteiger partial charge in [-0.1, -0.05) is 38.3 Å². The number of nitrogens with zero attached hydrogens (tertiary/aromatic N) is 1. The van der Waals surface area contributed by atoms with Crippen LogP contribution in [-0.4, -0.2) is 16.7 Å². The molecule has 1 aromatic carbocycles. The summed E-state index contributed by atoms with van der Waals surface area (Å²) in [5, 5.41) is 7.11. The molecule has 0 atom stereocenters. The van der Waals surface area contributed by atoms with E-state index in [9.17, 15) is 4.79 Å². The summed E-state index contributed by atoms with van der Waals surface area (Å²) in [5.41, 5.74) is 10.3. The monoisotopic (exact) mass is 320 g/mol. The molecule has 1 amide bonds. The molecule has 0 bridgehead atoms. The molecule has 1 aromatic rings. The first-order chi connectivity index (χ1) is 10.5. The van der Waals surface area contributed by atoms with E-state index in [0.717, 1.165) is 29.8 Å². The van der Waals surface area contributed by atoms with Crippen LogP contribution in [0, 0.1) is 0 Å². The van der Waals surface area contributed by atoms with Crippen molar-refractivity contribution in [2.45, 2.75) is 46.0 Å². The first kappa shape index (κ1) is 18.1. The van der Waals surface area contributed by atoms with Crippen molar-refractivity contribution in [2.24, 2.45) is 10.8 Å². The SMILES string of the molecule is CCCCCCC(=O)Nc1cccc(/C(C)=N/NC(N)=S)c1. The molecule has 6 heteroatoms. The van der Waals surface area contributed by atoms with Crippen LogP contribution in [0.25, 0.3) is 0 Å². The fourth-order valence-corrected chi connectivity index (χ4v) is 2.01. The molecule has 0 heterocycles. The molecule has 1 rings (SSSR count). The maximum absolute atomic E-state index is 11.9. The molecule has 0 saturated carbocycles. The smallest absolute Gasteiger partial charge is 0.224 e. The van der Waals surface area contributed by atoms with Gasteiger partial charge in [-0.05, 0) is 43.3 Å². The molecule has 5 nitrogen and oxygen atoms in total. The third-order valence-electron chi connectivity index (χ3n) is 3.16. The van der Waals surface area contributed by atoms with Crippen LogP contribution in [0.1, 0.15) is 51.5 Å². The predicted octanol–water partition coefficient (Wildman–Crippen LogP) is 3.15. The largest absolute Gasteiger partial charge is 0.375 e. The number of nitrogens with two attached hydrogens (primary N) is 1. The molecule has 0 unspecified atom stereocenters. The zero-order valence-corrected chi connectivity index (χ0v) is 14.0. The van der Waals surface area contributed by atoms with E-state index in [4.69, 9.17) is 18.0 Å². The van der Waals surface area contributed by atoms with Crippen molar-refractivity contribution in [1.82, 2.24) is 5.43 Å². The number of benzene rings is 1. The maximum Gasteiger partial charge on any atom is 0.224 e. The summed E-state index contributed by atoms with van der Waals surface area (Å²) in [5.74, 6) is 0.0455. The number of unbranched alkanes of at least 4 members (excludes halogenated alkanes) is 3. The lowest BCUT2D eigenvalue weighted by atomic mass is 10.1. The van der Waals surface area contributed by atoms with Crippen LogP contribution in [0.5, 0.6) is 0 Å². The molecular formula is C16H24N4OS. The Hall–Kier alpha value is -1.95. The van der Waals surface area contributed by atoms with E-state index in [0.29, 0.717) is 6.42 Å². The summed E-state index contributed by atoms with van der Waals surface area (Å²) in [4.78, 5) is 11.9. The quantitative estimate of drug-likeness (QED) is 0.297. The van der Waals surface area contributed by atoms with Crippen LogP contribution in [0.15, 0.2) is 29.4 Å². The van der Waals surface area contributed by atoms with Crippen molar-refractivity contribution >= 4 is 34.6 Å². The third kappa shape index (κ3) is 7.17. The Morgan fingerprint density at radius 1 is 1.32 bits per heavy atom. The Kier molecular flexibility index (Phi) is 8.14. The number of rotatable bonds is 8. The van der Waals surface area contributed by atoms with Crippen molar-refractivity contribution in [3.8, 4) is 0 Å². The number of thiocarbonyl (C=S) groups is 1. The number of nitrogens with one attached hydrogen (secondary N) is 2. The van der Waals surface area contributed by atoms with Crippen molar-refractivity contribution in [1.29, 1.82) is 0 Å². The zero-order chi connectivity index (χ0) is 16.4. The predicted molar refractivity (Wildman–Crippen MR) is 96.0 cm³/mol. The van der Waals surface area contributed by atoms with E-state index in [2.05, 4.69) is 22.8 Å². The zero-order valence-electron chi connectivity index (χ0n) is 13.2. The Morgan fingerprint density at radius 3 is 2.77 bits per heavy atom. The summed E-state index contributed by atoms with van der Waals surface area (Å²) in [6.45, 7) is 4.00. The van der Waals surface area contributed by atoms with Crippen LogP contribution < -0.4 is 16.5 Å². The van der Waals surface area contributed by atoms with Gasteiger partial charge in [0.1, 0.15) is 0 Å². The number of anilines is 1. The minimum absolute atomic E-state index is 0.0455. The second-order valence-corrected chi connectivity index (χ2v) is 5.55. The summed E-state index contributed by atoms with van der Waals surface area (Å²) >= 11 is 4.71. The van der Waals surface area contributed by atoms with Crippen LogP contribution in [0.2, 0.25) is 0 Å². The molecule has 4 N–H and O–H groups in total. The van der Waals surface area contributed by atoms with Crippen molar-refractivity contribution in [3.05, 3.63) is 29.8 Å². The second kappa shape index (κ2) is 9.89. The minimum Gasteiger partial charge on any atom is -0.375 e. The van der Waals surface area contributed by atoms with Gasteiger partial charge in [0, 0.05) is 12.1 Å². The van der Waals surface area contributed by atoms with Crippen LogP contribution >= 0.6 is 12.2 Å². The highest BCUT2D eigenvalue weighted by Gasteiger charge is 2.04. The normalized spacial score (nSPS) is 11.1. The summed E-state index contributed by atoms with van der Waals surface area (Å²) in [6.07, 6.45) is 4.93. The molecule has 0 aliphatic rings. The van der Waals surface area contributed by atoms with Gasteiger partial charge >= 0.3 is 0 Å². The first-order valence-electron chi connectivity index (χ1n) is 7.53. The second-order valence-electron chi connectivity index (χ2n) is 5.11. The van der Waals surface area contributed by atoms with Crippen molar-refractivity contribution < 1.29 is 4.79 Å². The van der Waals surface area contributed by atoms with Gasteiger partial charge in [0.05, 0.1) is 5.71 Å². The lowest BCUT2D eigenvalue weighted by molar-refractivity contribution is -0.116. The number of hydrazone groups is 1. The number of amides is 1. The highest BCUT2D eigenvalue weighted by atomic mass is 32.1. The molecular weight excluding hydrogens is 296 g/mol. The third-order valence-corrected chi connectivity index (χ3v) is 3.25. The highest BCUT2D eigenvalue weighted by Crippen LogP contribution is 2.13. The van der Waals surface area contributed by atoms with Crippen LogP contribution in [0.4, 0.5) is 5.69 Å². The Bertz CT molecular complexity index is 543.